The molecule has 1 aromatic heterocycles. The summed E-state index contributed by atoms with van der Waals surface area (Å²) in [5.74, 6) is 1.83. The maximum absolute atomic E-state index is 6.19. The van der Waals surface area contributed by atoms with Crippen LogP contribution in [0.4, 0.5) is 0 Å². The van der Waals surface area contributed by atoms with Crippen LogP contribution in [0.2, 0.25) is 0 Å². The number of hydrogen-bond acceptors (Lipinski definition) is 3. The summed E-state index contributed by atoms with van der Waals surface area (Å²) < 4.78 is 6.19. The molecular formula is C19H25N3O. The molecule has 2 aromatic rings. The van der Waals surface area contributed by atoms with Crippen LogP contribution in [0.25, 0.3) is 10.9 Å². The Morgan fingerprint density at radius 3 is 2.91 bits per heavy atom. The molecular weight excluding hydrogens is 286 g/mol. The van der Waals surface area contributed by atoms with E-state index in [0.717, 1.165) is 35.4 Å². The maximum Gasteiger partial charge on any atom is 0.120 e. The van der Waals surface area contributed by atoms with Gasteiger partial charge in [-0.05, 0) is 56.2 Å². The molecule has 1 N–H and O–H groups in total. The van der Waals surface area contributed by atoms with E-state index in [2.05, 4.69) is 33.3 Å². The molecule has 0 amide bonds. The number of nitrogens with one attached hydrogen (secondary N) is 1. The highest BCUT2D eigenvalue weighted by atomic mass is 16.5. The second kappa shape index (κ2) is 6.75. The Balaban J connectivity index is 1.28. The maximum atomic E-state index is 6.19. The van der Waals surface area contributed by atoms with Crippen molar-refractivity contribution in [1.82, 2.24) is 15.1 Å². The Morgan fingerprint density at radius 2 is 2.09 bits per heavy atom. The first-order valence-corrected chi connectivity index (χ1v) is 8.84. The normalized spacial score (nSPS) is 23.4. The van der Waals surface area contributed by atoms with Crippen LogP contribution in [0, 0.1) is 5.92 Å². The van der Waals surface area contributed by atoms with Crippen molar-refractivity contribution in [3.05, 3.63) is 36.5 Å². The number of aromatic nitrogens is 2. The zero-order valence-corrected chi connectivity index (χ0v) is 13.6. The predicted octanol–water partition coefficient (Wildman–Crippen LogP) is 3.76. The smallest absolute Gasteiger partial charge is 0.120 e. The third-order valence-corrected chi connectivity index (χ3v) is 5.14. The number of benzene rings is 1. The van der Waals surface area contributed by atoms with Gasteiger partial charge in [0.05, 0.1) is 11.7 Å². The second-order valence-corrected chi connectivity index (χ2v) is 6.89. The third kappa shape index (κ3) is 3.58. The summed E-state index contributed by atoms with van der Waals surface area (Å²) in [5, 5.41) is 8.16. The zero-order chi connectivity index (χ0) is 15.5. The summed E-state index contributed by atoms with van der Waals surface area (Å²) in [6.07, 6.45) is 13.0. The van der Waals surface area contributed by atoms with Gasteiger partial charge in [0.15, 0.2) is 0 Å². The summed E-state index contributed by atoms with van der Waals surface area (Å²) in [5.41, 5.74) is 1.06. The molecule has 1 aliphatic carbocycles. The minimum absolute atomic E-state index is 0.349. The van der Waals surface area contributed by atoms with Crippen molar-refractivity contribution in [3.8, 4) is 5.75 Å². The van der Waals surface area contributed by atoms with Gasteiger partial charge in [-0.3, -0.25) is 5.10 Å². The lowest BCUT2D eigenvalue weighted by molar-refractivity contribution is 0.0901. The number of likely N-dealkylation sites (tertiary alicyclic amines) is 1. The summed E-state index contributed by atoms with van der Waals surface area (Å²) in [4.78, 5) is 2.63. The topological polar surface area (TPSA) is 41.1 Å². The summed E-state index contributed by atoms with van der Waals surface area (Å²) in [7, 11) is 0. The largest absolute Gasteiger partial charge is 0.490 e. The molecule has 1 aliphatic heterocycles. The number of hydrogen-bond donors (Lipinski definition) is 1. The highest BCUT2D eigenvalue weighted by molar-refractivity contribution is 5.79. The van der Waals surface area contributed by atoms with Crippen LogP contribution in [0.1, 0.15) is 32.1 Å². The second-order valence-electron chi connectivity index (χ2n) is 6.89. The number of fused-ring (bicyclic) bond motifs is 1. The fraction of sp³-hybridized carbons (Fsp3) is 0.526. The van der Waals surface area contributed by atoms with Gasteiger partial charge in [-0.1, -0.05) is 12.2 Å². The van der Waals surface area contributed by atoms with Crippen molar-refractivity contribution in [3.63, 3.8) is 0 Å². The fourth-order valence-corrected chi connectivity index (χ4v) is 3.78. The van der Waals surface area contributed by atoms with Gasteiger partial charge in [0.1, 0.15) is 11.9 Å². The Kier molecular flexibility index (Phi) is 4.33. The highest BCUT2D eigenvalue weighted by Gasteiger charge is 2.23. The standard InChI is InChI=1S/C19H25N3O/c1-2-4-15(5-3-1)14-22-10-8-17(9-11-22)23-18-6-7-19-16(12-18)13-20-21-19/h1-2,6-7,12-13,15,17H,3-5,8-11,14H2,(H,20,21). The fourth-order valence-electron chi connectivity index (χ4n) is 3.78. The molecule has 4 rings (SSSR count). The molecule has 0 radical (unpaired) electrons. The lowest BCUT2D eigenvalue weighted by Crippen LogP contribution is -2.40. The van der Waals surface area contributed by atoms with Gasteiger partial charge in [-0.15, -0.1) is 0 Å². The highest BCUT2D eigenvalue weighted by Crippen LogP contribution is 2.25. The SMILES string of the molecule is C1=CCC(CN2CCC(Oc3ccc4[nH]ncc4c3)CC2)CC1. The van der Waals surface area contributed by atoms with Crippen molar-refractivity contribution in [2.45, 2.75) is 38.2 Å². The summed E-state index contributed by atoms with van der Waals surface area (Å²) in [6, 6.07) is 6.17. The van der Waals surface area contributed by atoms with E-state index < -0.39 is 0 Å². The molecule has 1 fully saturated rings. The molecule has 1 atom stereocenters. The van der Waals surface area contributed by atoms with Crippen molar-refractivity contribution in [2.75, 3.05) is 19.6 Å². The lowest BCUT2D eigenvalue weighted by atomic mass is 9.93. The molecule has 1 unspecified atom stereocenters. The van der Waals surface area contributed by atoms with Gasteiger partial charge in [0.25, 0.3) is 0 Å². The van der Waals surface area contributed by atoms with Crippen molar-refractivity contribution in [2.24, 2.45) is 5.92 Å². The van der Waals surface area contributed by atoms with Crippen molar-refractivity contribution >= 4 is 10.9 Å². The summed E-state index contributed by atoms with van der Waals surface area (Å²) >= 11 is 0. The van der Waals surface area contributed by atoms with Gasteiger partial charge < -0.3 is 9.64 Å². The Morgan fingerprint density at radius 1 is 1.17 bits per heavy atom. The average molecular weight is 311 g/mol. The van der Waals surface area contributed by atoms with E-state index in [-0.39, 0.29) is 0 Å². The van der Waals surface area contributed by atoms with E-state index in [9.17, 15) is 0 Å². The minimum atomic E-state index is 0.349. The number of aromatic amines is 1. The predicted molar refractivity (Wildman–Crippen MR) is 92.7 cm³/mol. The molecule has 0 saturated carbocycles. The first-order valence-electron chi connectivity index (χ1n) is 8.84. The molecule has 4 nitrogen and oxygen atoms in total. The zero-order valence-electron chi connectivity index (χ0n) is 13.6. The Hall–Kier alpha value is -1.81. The number of rotatable bonds is 4. The van der Waals surface area contributed by atoms with Crippen LogP contribution >= 0.6 is 0 Å². The van der Waals surface area contributed by atoms with E-state index >= 15 is 0 Å². The monoisotopic (exact) mass is 311 g/mol. The van der Waals surface area contributed by atoms with Gasteiger partial charge in [0.2, 0.25) is 0 Å². The number of ether oxygens (including phenoxy) is 1. The molecule has 4 heteroatoms. The van der Waals surface area contributed by atoms with Crippen LogP contribution in [0.15, 0.2) is 36.5 Å². The van der Waals surface area contributed by atoms with Gasteiger partial charge in [-0.25, -0.2) is 0 Å². The van der Waals surface area contributed by atoms with Gasteiger partial charge >= 0.3 is 0 Å². The molecule has 2 aliphatic rings. The van der Waals surface area contributed by atoms with Crippen LogP contribution in [0.3, 0.4) is 0 Å². The van der Waals surface area contributed by atoms with Crippen LogP contribution in [0.5, 0.6) is 5.75 Å². The van der Waals surface area contributed by atoms with E-state index in [1.165, 1.54) is 38.9 Å². The van der Waals surface area contributed by atoms with Crippen LogP contribution < -0.4 is 4.74 Å². The molecule has 1 saturated heterocycles. The number of piperidine rings is 1. The van der Waals surface area contributed by atoms with Crippen LogP contribution in [-0.4, -0.2) is 40.8 Å². The first kappa shape index (κ1) is 14.8. The Bertz CT molecular complexity index is 670. The van der Waals surface area contributed by atoms with Gasteiger partial charge in [-0.2, -0.15) is 5.10 Å². The van der Waals surface area contributed by atoms with Crippen molar-refractivity contribution in [1.29, 1.82) is 0 Å². The van der Waals surface area contributed by atoms with E-state index in [1.807, 2.05) is 18.3 Å². The van der Waals surface area contributed by atoms with E-state index in [0.29, 0.717) is 6.10 Å². The van der Waals surface area contributed by atoms with E-state index in [4.69, 9.17) is 4.74 Å². The molecule has 0 spiro atoms. The third-order valence-electron chi connectivity index (χ3n) is 5.14. The molecule has 23 heavy (non-hydrogen) atoms. The molecule has 2 heterocycles. The minimum Gasteiger partial charge on any atom is -0.490 e. The molecule has 1 aromatic carbocycles. The quantitative estimate of drug-likeness (QED) is 0.874. The van der Waals surface area contributed by atoms with Gasteiger partial charge in [0, 0.05) is 25.0 Å². The number of nitrogens with zero attached hydrogens (tertiary/aromatic N) is 2. The Labute approximate surface area is 137 Å². The lowest BCUT2D eigenvalue weighted by Gasteiger charge is -2.34. The average Bonchev–Trinajstić information content (AvgIpc) is 3.05. The van der Waals surface area contributed by atoms with Crippen molar-refractivity contribution < 1.29 is 4.74 Å². The first-order chi connectivity index (χ1) is 11.4. The number of allylic oxidation sites excluding steroid dienone is 2. The number of H-pyrrole nitrogens is 1. The summed E-state index contributed by atoms with van der Waals surface area (Å²) in [6.45, 7) is 3.59. The molecule has 122 valence electrons. The van der Waals surface area contributed by atoms with E-state index in [1.54, 1.807) is 0 Å². The molecule has 0 bridgehead atoms. The van der Waals surface area contributed by atoms with Crippen LogP contribution in [-0.2, 0) is 0 Å².